The van der Waals surface area contributed by atoms with Gasteiger partial charge in [-0.1, -0.05) is 12.1 Å². The molecule has 0 unspecified atom stereocenters. The van der Waals surface area contributed by atoms with Crippen molar-refractivity contribution in [2.45, 2.75) is 13.8 Å². The molecule has 0 saturated carbocycles. The van der Waals surface area contributed by atoms with Crippen molar-refractivity contribution in [2.24, 2.45) is 0 Å². The predicted octanol–water partition coefficient (Wildman–Crippen LogP) is 1.12. The molecular formula is C13H18N2O2. The van der Waals surface area contributed by atoms with Crippen LogP contribution in [0.2, 0.25) is 0 Å². The molecule has 4 nitrogen and oxygen atoms in total. The van der Waals surface area contributed by atoms with Crippen LogP contribution in [0, 0.1) is 13.8 Å². The lowest BCUT2D eigenvalue weighted by atomic mass is 10.0. The molecule has 0 radical (unpaired) electrons. The van der Waals surface area contributed by atoms with Crippen LogP contribution >= 0.6 is 0 Å². The highest BCUT2D eigenvalue weighted by atomic mass is 16.2. The number of nitrogens with one attached hydrogen (secondary N) is 1. The highest BCUT2D eigenvalue weighted by molar-refractivity contribution is 5.97. The fraction of sp³-hybridized carbons (Fsp3) is 0.385. The Bertz CT molecular complexity index is 439. The third-order valence-electron chi connectivity index (χ3n) is 2.75. The zero-order chi connectivity index (χ0) is 13.0. The molecule has 4 heteroatoms. The van der Waals surface area contributed by atoms with Gasteiger partial charge in [0.05, 0.1) is 6.54 Å². The van der Waals surface area contributed by atoms with Gasteiger partial charge in [0.2, 0.25) is 5.91 Å². The van der Waals surface area contributed by atoms with E-state index >= 15 is 0 Å². The van der Waals surface area contributed by atoms with E-state index in [0.717, 1.165) is 11.1 Å². The Labute approximate surface area is 102 Å². The van der Waals surface area contributed by atoms with Crippen LogP contribution in [0.15, 0.2) is 18.2 Å². The van der Waals surface area contributed by atoms with E-state index in [-0.39, 0.29) is 18.4 Å². The lowest BCUT2D eigenvalue weighted by Crippen LogP contribution is -2.36. The Kier molecular flexibility index (Phi) is 4.26. The number of aryl methyl sites for hydroxylation is 1. The zero-order valence-electron chi connectivity index (χ0n) is 10.7. The first kappa shape index (κ1) is 13.2. The summed E-state index contributed by atoms with van der Waals surface area (Å²) in [5.74, 6) is -0.329. The molecule has 1 aromatic rings. The highest BCUT2D eigenvalue weighted by Crippen LogP contribution is 2.12. The fourth-order valence-electron chi connectivity index (χ4n) is 1.41. The molecule has 92 valence electrons. The van der Waals surface area contributed by atoms with Crippen molar-refractivity contribution in [3.63, 3.8) is 0 Å². The molecule has 0 aliphatic heterocycles. The van der Waals surface area contributed by atoms with Gasteiger partial charge in [-0.2, -0.15) is 0 Å². The van der Waals surface area contributed by atoms with Crippen LogP contribution in [0.5, 0.6) is 0 Å². The first-order valence-electron chi connectivity index (χ1n) is 5.48. The number of benzene rings is 1. The Balaban J connectivity index is 2.71. The van der Waals surface area contributed by atoms with Gasteiger partial charge in [-0.25, -0.2) is 0 Å². The summed E-state index contributed by atoms with van der Waals surface area (Å²) in [5, 5.41) is 2.62. The maximum atomic E-state index is 11.9. The van der Waals surface area contributed by atoms with E-state index in [1.54, 1.807) is 20.2 Å². The first-order chi connectivity index (χ1) is 7.93. The van der Waals surface area contributed by atoms with E-state index in [4.69, 9.17) is 0 Å². The summed E-state index contributed by atoms with van der Waals surface area (Å²) in [5.41, 5.74) is 2.63. The number of hydrogen-bond acceptors (Lipinski definition) is 2. The van der Waals surface area contributed by atoms with Gasteiger partial charge in [0.25, 0.3) is 5.91 Å². The van der Waals surface area contributed by atoms with Crippen LogP contribution in [0.25, 0.3) is 0 Å². The van der Waals surface area contributed by atoms with Crippen molar-refractivity contribution in [1.82, 2.24) is 10.2 Å². The Hall–Kier alpha value is -1.84. The Morgan fingerprint density at radius 1 is 1.24 bits per heavy atom. The van der Waals surface area contributed by atoms with Gasteiger partial charge in [-0.05, 0) is 31.0 Å². The topological polar surface area (TPSA) is 49.4 Å². The summed E-state index contributed by atoms with van der Waals surface area (Å²) in [6.07, 6.45) is 0. The van der Waals surface area contributed by atoms with Crippen molar-refractivity contribution >= 4 is 11.8 Å². The van der Waals surface area contributed by atoms with Crippen LogP contribution in [0.4, 0.5) is 0 Å². The van der Waals surface area contributed by atoms with E-state index < -0.39 is 0 Å². The number of amides is 2. The number of hydrogen-bond donors (Lipinski definition) is 1. The summed E-state index contributed by atoms with van der Waals surface area (Å²) in [7, 11) is 3.32. The smallest absolute Gasteiger partial charge is 0.251 e. The van der Waals surface area contributed by atoms with Crippen LogP contribution in [-0.4, -0.2) is 37.4 Å². The molecule has 2 amide bonds. The van der Waals surface area contributed by atoms with E-state index in [9.17, 15) is 9.59 Å². The summed E-state index contributed by atoms with van der Waals surface area (Å²) >= 11 is 0. The molecule has 0 atom stereocenters. The molecule has 0 aromatic heterocycles. The Morgan fingerprint density at radius 3 is 2.47 bits per heavy atom. The SMILES string of the molecule is Cc1cccc(C(=O)NCC(=O)N(C)C)c1C. The predicted molar refractivity (Wildman–Crippen MR) is 66.9 cm³/mol. The minimum atomic E-state index is -0.207. The highest BCUT2D eigenvalue weighted by Gasteiger charge is 2.11. The molecule has 0 spiro atoms. The standard InChI is InChI=1S/C13H18N2O2/c1-9-6-5-7-11(10(9)2)13(17)14-8-12(16)15(3)4/h5-7H,8H2,1-4H3,(H,14,17). The average Bonchev–Trinajstić information content (AvgIpc) is 2.29. The van der Waals surface area contributed by atoms with E-state index in [1.165, 1.54) is 4.90 Å². The van der Waals surface area contributed by atoms with Crippen molar-refractivity contribution < 1.29 is 9.59 Å². The van der Waals surface area contributed by atoms with Gasteiger partial charge < -0.3 is 10.2 Å². The largest absolute Gasteiger partial charge is 0.347 e. The summed E-state index contributed by atoms with van der Waals surface area (Å²) < 4.78 is 0. The lowest BCUT2D eigenvalue weighted by molar-refractivity contribution is -0.127. The Morgan fingerprint density at radius 2 is 1.88 bits per heavy atom. The summed E-state index contributed by atoms with van der Waals surface area (Å²) in [4.78, 5) is 24.7. The van der Waals surface area contributed by atoms with Crippen molar-refractivity contribution in [3.05, 3.63) is 34.9 Å². The summed E-state index contributed by atoms with van der Waals surface area (Å²) in [6.45, 7) is 3.88. The molecule has 0 heterocycles. The fourth-order valence-corrected chi connectivity index (χ4v) is 1.41. The number of carbonyl (C=O) groups excluding carboxylic acids is 2. The second-order valence-electron chi connectivity index (χ2n) is 4.22. The average molecular weight is 234 g/mol. The van der Waals surface area contributed by atoms with Gasteiger partial charge in [0, 0.05) is 19.7 Å². The molecule has 0 aliphatic rings. The van der Waals surface area contributed by atoms with Crippen LogP contribution in [0.1, 0.15) is 21.5 Å². The normalized spacial score (nSPS) is 9.88. The third-order valence-corrected chi connectivity index (χ3v) is 2.75. The molecule has 0 saturated heterocycles. The van der Waals surface area contributed by atoms with Gasteiger partial charge in [0.1, 0.15) is 0 Å². The molecule has 1 N–H and O–H groups in total. The molecule has 1 rings (SSSR count). The minimum Gasteiger partial charge on any atom is -0.347 e. The van der Waals surface area contributed by atoms with Gasteiger partial charge in [-0.15, -0.1) is 0 Å². The minimum absolute atomic E-state index is 0.0270. The molecule has 0 bridgehead atoms. The van der Waals surface area contributed by atoms with Crippen LogP contribution < -0.4 is 5.32 Å². The van der Waals surface area contributed by atoms with E-state index in [0.29, 0.717) is 5.56 Å². The quantitative estimate of drug-likeness (QED) is 0.852. The van der Waals surface area contributed by atoms with Gasteiger partial charge in [-0.3, -0.25) is 9.59 Å². The monoisotopic (exact) mass is 234 g/mol. The van der Waals surface area contributed by atoms with Crippen LogP contribution in [-0.2, 0) is 4.79 Å². The van der Waals surface area contributed by atoms with Gasteiger partial charge in [0.15, 0.2) is 0 Å². The maximum Gasteiger partial charge on any atom is 0.251 e. The van der Waals surface area contributed by atoms with E-state index in [1.807, 2.05) is 26.0 Å². The number of nitrogens with zero attached hydrogens (tertiary/aromatic N) is 1. The number of likely N-dealkylation sites (N-methyl/N-ethyl adjacent to an activating group) is 1. The third kappa shape index (κ3) is 3.31. The number of carbonyl (C=O) groups is 2. The lowest BCUT2D eigenvalue weighted by Gasteiger charge is -2.12. The van der Waals surface area contributed by atoms with Crippen molar-refractivity contribution in [3.8, 4) is 0 Å². The second kappa shape index (κ2) is 5.48. The second-order valence-corrected chi connectivity index (χ2v) is 4.22. The summed E-state index contributed by atoms with van der Waals surface area (Å²) in [6, 6.07) is 5.56. The molecule has 0 aliphatic carbocycles. The van der Waals surface area contributed by atoms with Crippen molar-refractivity contribution in [2.75, 3.05) is 20.6 Å². The molecule has 0 fully saturated rings. The molecule has 17 heavy (non-hydrogen) atoms. The molecular weight excluding hydrogens is 216 g/mol. The maximum absolute atomic E-state index is 11.9. The zero-order valence-corrected chi connectivity index (χ0v) is 10.7. The number of rotatable bonds is 3. The van der Waals surface area contributed by atoms with E-state index in [2.05, 4.69) is 5.32 Å². The van der Waals surface area contributed by atoms with Crippen LogP contribution in [0.3, 0.4) is 0 Å². The van der Waals surface area contributed by atoms with Gasteiger partial charge >= 0.3 is 0 Å². The first-order valence-corrected chi connectivity index (χ1v) is 5.48. The molecule has 1 aromatic carbocycles. The van der Waals surface area contributed by atoms with Crippen molar-refractivity contribution in [1.29, 1.82) is 0 Å².